The largest absolute Gasteiger partial charge is 0.497 e. The standard InChI is InChI=1S/C13H17NO2/c1-9-8-10(16-3)4-5-11(9)14-12(15)13(2)6-7-13/h4-5,8H,6-7H2,1-3H3,(H,14,15). The van der Waals surface area contributed by atoms with Gasteiger partial charge in [-0.05, 0) is 43.5 Å². The molecule has 1 amide bonds. The molecule has 1 N–H and O–H groups in total. The van der Waals surface area contributed by atoms with Gasteiger partial charge in [0.05, 0.1) is 7.11 Å². The normalized spacial score (nSPS) is 16.7. The molecule has 0 unspecified atom stereocenters. The average Bonchev–Trinajstić information content (AvgIpc) is 3.01. The highest BCUT2D eigenvalue weighted by Gasteiger charge is 2.44. The predicted octanol–water partition coefficient (Wildman–Crippen LogP) is 2.74. The van der Waals surface area contributed by atoms with E-state index in [9.17, 15) is 4.79 Å². The minimum atomic E-state index is -0.133. The number of aryl methyl sites for hydroxylation is 1. The second kappa shape index (κ2) is 3.81. The minimum absolute atomic E-state index is 0.126. The maximum Gasteiger partial charge on any atom is 0.230 e. The number of amides is 1. The van der Waals surface area contributed by atoms with Crippen LogP contribution in [0.5, 0.6) is 5.75 Å². The van der Waals surface area contributed by atoms with Crippen molar-refractivity contribution in [1.29, 1.82) is 0 Å². The van der Waals surface area contributed by atoms with Gasteiger partial charge in [0.15, 0.2) is 0 Å². The van der Waals surface area contributed by atoms with E-state index in [1.807, 2.05) is 32.0 Å². The first kappa shape index (κ1) is 11.0. The zero-order valence-corrected chi connectivity index (χ0v) is 9.96. The van der Waals surface area contributed by atoms with Gasteiger partial charge in [-0.1, -0.05) is 6.92 Å². The Hall–Kier alpha value is -1.51. The molecule has 0 radical (unpaired) electrons. The number of carbonyl (C=O) groups is 1. The number of carbonyl (C=O) groups excluding carboxylic acids is 1. The maximum absolute atomic E-state index is 11.9. The molecule has 1 aliphatic rings. The summed E-state index contributed by atoms with van der Waals surface area (Å²) < 4.78 is 5.12. The molecule has 16 heavy (non-hydrogen) atoms. The highest BCUT2D eigenvalue weighted by molar-refractivity contribution is 5.97. The van der Waals surface area contributed by atoms with Gasteiger partial charge in [-0.2, -0.15) is 0 Å². The number of hydrogen-bond acceptors (Lipinski definition) is 2. The Kier molecular flexibility index (Phi) is 2.62. The van der Waals surface area contributed by atoms with Gasteiger partial charge in [0, 0.05) is 11.1 Å². The van der Waals surface area contributed by atoms with Crippen molar-refractivity contribution in [1.82, 2.24) is 0 Å². The van der Waals surface area contributed by atoms with Crippen molar-refractivity contribution in [3.05, 3.63) is 23.8 Å². The molecular weight excluding hydrogens is 202 g/mol. The lowest BCUT2D eigenvalue weighted by Crippen LogP contribution is -2.21. The van der Waals surface area contributed by atoms with Crippen LogP contribution in [0.3, 0.4) is 0 Å². The smallest absolute Gasteiger partial charge is 0.230 e. The molecule has 0 aromatic heterocycles. The summed E-state index contributed by atoms with van der Waals surface area (Å²) in [6.07, 6.45) is 1.99. The minimum Gasteiger partial charge on any atom is -0.497 e. The van der Waals surface area contributed by atoms with Crippen molar-refractivity contribution in [2.45, 2.75) is 26.7 Å². The first-order valence-electron chi connectivity index (χ1n) is 5.51. The highest BCUT2D eigenvalue weighted by atomic mass is 16.5. The third kappa shape index (κ3) is 2.03. The van der Waals surface area contributed by atoms with Crippen LogP contribution in [0.25, 0.3) is 0 Å². The second-order valence-corrected chi connectivity index (χ2v) is 4.70. The predicted molar refractivity (Wildman–Crippen MR) is 63.7 cm³/mol. The molecule has 3 nitrogen and oxygen atoms in total. The summed E-state index contributed by atoms with van der Waals surface area (Å²) in [5.41, 5.74) is 1.77. The van der Waals surface area contributed by atoms with Gasteiger partial charge in [-0.15, -0.1) is 0 Å². The molecule has 86 valence electrons. The highest BCUT2D eigenvalue weighted by Crippen LogP contribution is 2.45. The summed E-state index contributed by atoms with van der Waals surface area (Å²) in [6.45, 7) is 3.97. The Labute approximate surface area is 95.8 Å². The lowest BCUT2D eigenvalue weighted by molar-refractivity contribution is -0.120. The number of rotatable bonds is 3. The lowest BCUT2D eigenvalue weighted by Gasteiger charge is -2.12. The number of ether oxygens (including phenoxy) is 1. The first-order chi connectivity index (χ1) is 7.55. The molecular formula is C13H17NO2. The SMILES string of the molecule is COc1ccc(NC(=O)C2(C)CC2)c(C)c1. The third-order valence-electron chi connectivity index (χ3n) is 3.23. The molecule has 0 atom stereocenters. The first-order valence-corrected chi connectivity index (χ1v) is 5.51. The summed E-state index contributed by atoms with van der Waals surface area (Å²) in [5, 5.41) is 2.97. The van der Waals surface area contributed by atoms with Crippen LogP contribution in [-0.4, -0.2) is 13.0 Å². The molecule has 1 aromatic carbocycles. The Bertz CT molecular complexity index is 422. The van der Waals surface area contributed by atoms with Gasteiger partial charge in [0.25, 0.3) is 0 Å². The van der Waals surface area contributed by atoms with E-state index in [2.05, 4.69) is 5.32 Å². The van der Waals surface area contributed by atoms with Gasteiger partial charge in [0.2, 0.25) is 5.91 Å². The molecule has 0 spiro atoms. The Morgan fingerprint density at radius 3 is 2.62 bits per heavy atom. The summed E-state index contributed by atoms with van der Waals surface area (Å²) in [4.78, 5) is 11.9. The van der Waals surface area contributed by atoms with Gasteiger partial charge < -0.3 is 10.1 Å². The van der Waals surface area contributed by atoms with Crippen molar-refractivity contribution in [2.75, 3.05) is 12.4 Å². The quantitative estimate of drug-likeness (QED) is 0.848. The molecule has 2 rings (SSSR count). The molecule has 1 fully saturated rings. The fourth-order valence-corrected chi connectivity index (χ4v) is 1.59. The fourth-order valence-electron chi connectivity index (χ4n) is 1.59. The Morgan fingerprint density at radius 2 is 2.12 bits per heavy atom. The number of nitrogens with one attached hydrogen (secondary N) is 1. The van der Waals surface area contributed by atoms with E-state index in [1.54, 1.807) is 7.11 Å². The summed E-state index contributed by atoms with van der Waals surface area (Å²) in [7, 11) is 1.64. The van der Waals surface area contributed by atoms with Crippen LogP contribution in [-0.2, 0) is 4.79 Å². The molecule has 1 aliphatic carbocycles. The lowest BCUT2D eigenvalue weighted by atomic mass is 10.1. The van der Waals surface area contributed by atoms with Crippen LogP contribution in [0.4, 0.5) is 5.69 Å². The van der Waals surface area contributed by atoms with Gasteiger partial charge >= 0.3 is 0 Å². The molecule has 0 bridgehead atoms. The second-order valence-electron chi connectivity index (χ2n) is 4.70. The third-order valence-corrected chi connectivity index (χ3v) is 3.23. The van der Waals surface area contributed by atoms with E-state index in [0.29, 0.717) is 0 Å². The number of benzene rings is 1. The van der Waals surface area contributed by atoms with Crippen LogP contribution in [0, 0.1) is 12.3 Å². The molecule has 0 aliphatic heterocycles. The van der Waals surface area contributed by atoms with Crippen molar-refractivity contribution in [3.8, 4) is 5.75 Å². The molecule has 0 saturated heterocycles. The van der Waals surface area contributed by atoms with Gasteiger partial charge in [-0.25, -0.2) is 0 Å². The van der Waals surface area contributed by atoms with Gasteiger partial charge in [-0.3, -0.25) is 4.79 Å². The van der Waals surface area contributed by atoms with E-state index in [1.165, 1.54) is 0 Å². The van der Waals surface area contributed by atoms with Crippen LogP contribution >= 0.6 is 0 Å². The van der Waals surface area contributed by atoms with E-state index in [-0.39, 0.29) is 11.3 Å². The fraction of sp³-hybridized carbons (Fsp3) is 0.462. The molecule has 3 heteroatoms. The molecule has 1 saturated carbocycles. The summed E-state index contributed by atoms with van der Waals surface area (Å²) in [6, 6.07) is 5.67. The number of anilines is 1. The zero-order valence-electron chi connectivity index (χ0n) is 9.96. The summed E-state index contributed by atoms with van der Waals surface area (Å²) in [5.74, 6) is 0.939. The number of hydrogen-bond donors (Lipinski definition) is 1. The van der Waals surface area contributed by atoms with E-state index < -0.39 is 0 Å². The van der Waals surface area contributed by atoms with Crippen molar-refractivity contribution in [3.63, 3.8) is 0 Å². The van der Waals surface area contributed by atoms with Crippen molar-refractivity contribution >= 4 is 11.6 Å². The van der Waals surface area contributed by atoms with E-state index in [4.69, 9.17) is 4.74 Å². The Balaban J connectivity index is 2.12. The van der Waals surface area contributed by atoms with E-state index in [0.717, 1.165) is 29.8 Å². The summed E-state index contributed by atoms with van der Waals surface area (Å²) >= 11 is 0. The van der Waals surface area contributed by atoms with Crippen LogP contribution in [0.1, 0.15) is 25.3 Å². The topological polar surface area (TPSA) is 38.3 Å². The maximum atomic E-state index is 11.9. The van der Waals surface area contributed by atoms with E-state index >= 15 is 0 Å². The number of methoxy groups -OCH3 is 1. The molecule has 1 aromatic rings. The monoisotopic (exact) mass is 219 g/mol. The van der Waals surface area contributed by atoms with Crippen LogP contribution in [0.2, 0.25) is 0 Å². The van der Waals surface area contributed by atoms with Crippen molar-refractivity contribution < 1.29 is 9.53 Å². The zero-order chi connectivity index (χ0) is 11.8. The van der Waals surface area contributed by atoms with Gasteiger partial charge in [0.1, 0.15) is 5.75 Å². The molecule has 0 heterocycles. The van der Waals surface area contributed by atoms with Crippen molar-refractivity contribution in [2.24, 2.45) is 5.41 Å². The van der Waals surface area contributed by atoms with Crippen LogP contribution in [0.15, 0.2) is 18.2 Å². The Morgan fingerprint density at radius 1 is 1.44 bits per heavy atom. The van der Waals surface area contributed by atoms with Crippen LogP contribution < -0.4 is 10.1 Å². The average molecular weight is 219 g/mol.